The average Bonchev–Trinajstić information content (AvgIpc) is 4.33. The Morgan fingerprint density at radius 1 is 0.398 bits per heavy atom. The maximum Gasteiger partial charge on any atom is 0.0833 e. The molecule has 0 saturated carbocycles. The maximum absolute atomic E-state index is 7.03. The van der Waals surface area contributed by atoms with Crippen molar-refractivity contribution in [1.82, 2.24) is 0 Å². The highest BCUT2D eigenvalue weighted by molar-refractivity contribution is 9.10. The Balaban J connectivity index is 0.000000178. The van der Waals surface area contributed by atoms with Crippen molar-refractivity contribution in [2.75, 3.05) is 4.90 Å². The maximum atomic E-state index is 7.03. The molecule has 0 unspecified atom stereocenters. The van der Waals surface area contributed by atoms with Crippen LogP contribution in [0, 0.1) is 0 Å². The van der Waals surface area contributed by atoms with E-state index < -0.39 is 0 Å². The smallest absolute Gasteiger partial charge is 0.0833 e. The first-order valence-electron chi connectivity index (χ1n) is 26.9. The van der Waals surface area contributed by atoms with Gasteiger partial charge in [0.1, 0.15) is 0 Å². The number of hydrogen-bond donors (Lipinski definition) is 0. The number of anilines is 3. The third-order valence-corrected chi connectivity index (χ3v) is 18.8. The van der Waals surface area contributed by atoms with Gasteiger partial charge in [0.25, 0.3) is 0 Å². The molecule has 10 aromatic carbocycles. The monoisotopic (exact) mass is 1260 g/mol. The molecule has 1 nitrogen and oxygen atoms in total. The van der Waals surface area contributed by atoms with Crippen molar-refractivity contribution in [3.8, 4) is 44.5 Å². The number of halogens is 5. The van der Waals surface area contributed by atoms with Gasteiger partial charge in [-0.3, -0.25) is 0 Å². The van der Waals surface area contributed by atoms with E-state index in [1.807, 2.05) is 60.7 Å². The van der Waals surface area contributed by atoms with Crippen molar-refractivity contribution >= 4 is 131 Å². The number of fused-ring (bicyclic) bond motifs is 2. The summed E-state index contributed by atoms with van der Waals surface area (Å²) in [6.07, 6.45) is 0.768. The summed E-state index contributed by atoms with van der Waals surface area (Å²) in [4.78, 5) is 2.25. The first-order chi connectivity index (χ1) is 39.0. The van der Waals surface area contributed by atoms with Crippen LogP contribution in [0.2, 0.25) is 20.1 Å². The number of benzene rings is 10. The van der Waals surface area contributed by atoms with Crippen LogP contribution >= 0.6 is 85.0 Å². The quantitative estimate of drug-likeness (QED) is 0.130. The molecular weight excluding hydrogens is 1200 g/mol. The Kier molecular flexibility index (Phi) is 20.8. The van der Waals surface area contributed by atoms with Gasteiger partial charge in [-0.15, -0.1) is 22.7 Å². The van der Waals surface area contributed by atoms with Crippen LogP contribution < -0.4 is 4.90 Å². The number of thiophene rings is 2. The fraction of sp³-hybridized carbons (Fsp3) is 0.135. The molecule has 0 aliphatic heterocycles. The summed E-state index contributed by atoms with van der Waals surface area (Å²) in [6.45, 7) is 13.4. The summed E-state index contributed by atoms with van der Waals surface area (Å²) in [5.74, 6) is 0. The average molecular weight is 1260 g/mol. The molecule has 0 bridgehead atoms. The van der Waals surface area contributed by atoms with E-state index in [9.17, 15) is 0 Å². The van der Waals surface area contributed by atoms with Crippen LogP contribution in [0.4, 0.5) is 17.1 Å². The van der Waals surface area contributed by atoms with E-state index in [2.05, 4.69) is 243 Å². The highest BCUT2D eigenvalue weighted by Crippen LogP contribution is 2.48. The van der Waals surface area contributed by atoms with Crippen molar-refractivity contribution < 1.29 is 0 Å². The van der Waals surface area contributed by atoms with Gasteiger partial charge in [-0.25, -0.2) is 0 Å². The fourth-order valence-electron chi connectivity index (χ4n) is 9.77. The largest absolute Gasteiger partial charge is 1.00 e. The summed E-state index contributed by atoms with van der Waals surface area (Å²) in [5, 5.41) is 9.12. The lowest BCUT2D eigenvalue weighted by atomic mass is 9.86. The van der Waals surface area contributed by atoms with Gasteiger partial charge in [0.05, 0.1) is 31.5 Å². The topological polar surface area (TPSA) is 3.24 Å². The molecule has 0 fully saturated rings. The van der Waals surface area contributed by atoms with E-state index in [-0.39, 0.29) is 26.7 Å². The normalized spacial score (nSPS) is 11.2. The van der Waals surface area contributed by atoms with Gasteiger partial charge in [-0.05, 0) is 161 Å². The molecule has 0 amide bonds. The highest BCUT2D eigenvalue weighted by Gasteiger charge is 2.24. The lowest BCUT2D eigenvalue weighted by Crippen LogP contribution is -2.13. The van der Waals surface area contributed by atoms with Gasteiger partial charge in [0.15, 0.2) is 0 Å². The molecule has 0 atom stereocenters. The zero-order valence-corrected chi connectivity index (χ0v) is 52.8. The van der Waals surface area contributed by atoms with Crippen LogP contribution in [0.5, 0.6) is 0 Å². The van der Waals surface area contributed by atoms with Gasteiger partial charge in [-0.2, -0.15) is 0 Å². The van der Waals surface area contributed by atoms with Crippen LogP contribution in [0.1, 0.15) is 71.2 Å². The zero-order chi connectivity index (χ0) is 56.8. The Morgan fingerprint density at radius 2 is 0.807 bits per heavy atom. The van der Waals surface area contributed by atoms with Gasteiger partial charge in [0.2, 0.25) is 0 Å². The van der Waals surface area contributed by atoms with Crippen molar-refractivity contribution in [2.24, 2.45) is 0 Å². The first kappa shape index (κ1) is 62.7. The van der Waals surface area contributed by atoms with Gasteiger partial charge >= 0.3 is 0 Å². The molecule has 83 heavy (non-hydrogen) atoms. The van der Waals surface area contributed by atoms with E-state index in [1.54, 1.807) is 22.7 Å². The predicted molar refractivity (Wildman–Crippen MR) is 373 cm³/mol. The Labute approximate surface area is 529 Å². The van der Waals surface area contributed by atoms with Gasteiger partial charge in [-0.1, -0.05) is 265 Å². The van der Waals surface area contributed by atoms with E-state index in [0.717, 1.165) is 51.3 Å². The third-order valence-electron chi connectivity index (χ3n) is 14.3. The Bertz CT molecular complexity index is 4080. The Morgan fingerprint density at radius 3 is 1.29 bits per heavy atom. The minimum absolute atomic E-state index is 0. The summed E-state index contributed by atoms with van der Waals surface area (Å²) in [6, 6.07) is 80.5. The van der Waals surface area contributed by atoms with Crippen molar-refractivity contribution in [2.45, 2.75) is 66.2 Å². The number of rotatable bonds is 9. The molecule has 2 aromatic heterocycles. The van der Waals surface area contributed by atoms with Crippen molar-refractivity contribution in [3.63, 3.8) is 0 Å². The SMILES string of the molecule is Brc1csc2ccc(-c3ccccc3)cc12.C.CC(C)(C)c1ccc(Cc2cc(-c3ccccc3)cc(Cl)c2Cl)cc1.CC(C)(C)c1ccc(N(c2cc(-c3ccccc3)cc(Cl)c2Cl)c2csc3ccc(-c4ccccc4)cc23)cc1.[B-]. The van der Waals surface area contributed by atoms with Crippen LogP contribution in [0.3, 0.4) is 0 Å². The molecule has 4 radical (unpaired) electrons. The standard InChI is InChI=1S/C36H29Cl2NS.C23H22Cl2.C14H9BrS.CH4.B/c1-36(2,3)28-15-17-29(18-16-28)39(32-22-27(21-31(37)35(32)38)25-12-8-5-9-13-25)33-23-40-34-19-14-26(20-30(33)34)24-10-6-4-7-11-24;1-23(2,3)20-11-9-16(10-12-20)13-19-14-18(15-21(24)22(19)25)17-7-5-4-6-8-17;15-13-9-16-14-7-6-11(8-12(13)14)10-4-2-1-3-5-10;;/h4-23H,1-3H3;4-12,14-15H,13H2,1-3H3;1-9H;1H4;/q;;;;-1. The summed E-state index contributed by atoms with van der Waals surface area (Å²) >= 11 is 33.8. The second-order valence-corrected chi connectivity index (χ2v) is 26.3. The fourth-order valence-corrected chi connectivity index (χ4v) is 13.0. The van der Waals surface area contributed by atoms with Crippen molar-refractivity contribution in [1.29, 1.82) is 0 Å². The van der Waals surface area contributed by atoms with Crippen LogP contribution in [0.25, 0.3) is 64.7 Å². The van der Waals surface area contributed by atoms with Crippen LogP contribution in [0.15, 0.2) is 246 Å². The van der Waals surface area contributed by atoms with E-state index in [0.29, 0.717) is 20.1 Å². The molecular formula is C74H64BBrCl4NS2-. The molecule has 0 N–H and O–H groups in total. The number of nitrogens with zero attached hydrogens (tertiary/aromatic N) is 1. The second-order valence-electron chi connectivity index (χ2n) is 22.1. The molecule has 416 valence electrons. The van der Waals surface area contributed by atoms with Crippen molar-refractivity contribution in [3.05, 3.63) is 288 Å². The summed E-state index contributed by atoms with van der Waals surface area (Å²) in [5.41, 5.74) is 17.3. The molecule has 0 spiro atoms. The summed E-state index contributed by atoms with van der Waals surface area (Å²) < 4.78 is 3.73. The van der Waals surface area contributed by atoms with Gasteiger partial charge in [0, 0.05) is 41.1 Å². The van der Waals surface area contributed by atoms with E-state index in [4.69, 9.17) is 46.4 Å². The lowest BCUT2D eigenvalue weighted by Gasteiger charge is -2.28. The third kappa shape index (κ3) is 14.9. The summed E-state index contributed by atoms with van der Waals surface area (Å²) in [7, 11) is 0. The molecule has 0 aliphatic rings. The molecule has 0 saturated heterocycles. The minimum Gasteiger partial charge on any atom is -1.00 e. The van der Waals surface area contributed by atoms with E-state index >= 15 is 0 Å². The predicted octanol–water partition coefficient (Wildman–Crippen LogP) is 25.4. The highest BCUT2D eigenvalue weighted by atomic mass is 79.9. The van der Waals surface area contributed by atoms with Crippen LogP contribution in [-0.2, 0) is 17.3 Å². The minimum atomic E-state index is 0. The molecule has 12 aromatic rings. The molecule has 0 aliphatic carbocycles. The van der Waals surface area contributed by atoms with Crippen LogP contribution in [-0.4, -0.2) is 8.41 Å². The first-order valence-corrected chi connectivity index (χ1v) is 30.9. The lowest BCUT2D eigenvalue weighted by molar-refractivity contribution is 0.590. The zero-order valence-electron chi connectivity index (χ0n) is 46.5. The Hall–Kier alpha value is -6.38. The van der Waals surface area contributed by atoms with E-state index in [1.165, 1.54) is 63.6 Å². The number of hydrogen-bond acceptors (Lipinski definition) is 3. The molecule has 2 heterocycles. The molecule has 12 rings (SSSR count). The van der Waals surface area contributed by atoms with Gasteiger partial charge < -0.3 is 13.3 Å². The second kappa shape index (κ2) is 27.6. The molecule has 9 heteroatoms.